The first kappa shape index (κ1) is 17.5. The smallest absolute Gasteiger partial charge is 0.255 e. The van der Waals surface area contributed by atoms with E-state index in [1.54, 1.807) is 11.0 Å². The van der Waals surface area contributed by atoms with Crippen LogP contribution < -0.4 is 5.73 Å². The fraction of sp³-hybridized carbons (Fsp3) is 0.467. The first-order valence-corrected chi connectivity index (χ1v) is 7.66. The van der Waals surface area contributed by atoms with E-state index in [1.807, 2.05) is 19.1 Å². The number of benzene rings is 1. The van der Waals surface area contributed by atoms with Gasteiger partial charge in [-0.3, -0.25) is 4.79 Å². The Labute approximate surface area is 133 Å². The summed E-state index contributed by atoms with van der Waals surface area (Å²) < 4.78 is 0.813. The molecule has 0 atom stereocenters. The third kappa shape index (κ3) is 5.04. The van der Waals surface area contributed by atoms with Crippen LogP contribution in [-0.2, 0) is 0 Å². The van der Waals surface area contributed by atoms with Crippen molar-refractivity contribution in [2.45, 2.75) is 27.2 Å². The Morgan fingerprint density at radius 2 is 2.14 bits per heavy atom. The van der Waals surface area contributed by atoms with Crippen LogP contribution in [0.15, 0.2) is 27.8 Å². The SMILES string of the molecule is Cc1cccc(C(=O)N(CC/C(N)=N/O)CC(C)C)c1Br. The van der Waals surface area contributed by atoms with Gasteiger partial charge in [-0.2, -0.15) is 0 Å². The molecule has 1 aromatic rings. The number of halogens is 1. The minimum atomic E-state index is -0.0509. The molecule has 0 aliphatic rings. The Morgan fingerprint density at radius 3 is 2.71 bits per heavy atom. The zero-order valence-corrected chi connectivity index (χ0v) is 14.2. The van der Waals surface area contributed by atoms with Crippen molar-refractivity contribution in [3.63, 3.8) is 0 Å². The number of hydrogen-bond acceptors (Lipinski definition) is 3. The number of amides is 1. The number of aryl methyl sites for hydroxylation is 1. The molecular weight excluding hydrogens is 334 g/mol. The number of nitrogens with two attached hydrogens (primary N) is 1. The van der Waals surface area contributed by atoms with E-state index < -0.39 is 0 Å². The minimum absolute atomic E-state index is 0.0509. The lowest BCUT2D eigenvalue weighted by molar-refractivity contribution is 0.0739. The van der Waals surface area contributed by atoms with Gasteiger partial charge < -0.3 is 15.8 Å². The summed E-state index contributed by atoms with van der Waals surface area (Å²) in [6, 6.07) is 5.62. The average Bonchev–Trinajstić information content (AvgIpc) is 2.44. The van der Waals surface area contributed by atoms with Crippen LogP contribution in [0, 0.1) is 12.8 Å². The summed E-state index contributed by atoms with van der Waals surface area (Å²) in [6.45, 7) is 7.10. The zero-order chi connectivity index (χ0) is 16.0. The molecular formula is C15H22BrN3O2. The van der Waals surface area contributed by atoms with E-state index in [0.29, 0.717) is 31.0 Å². The molecule has 0 heterocycles. The number of rotatable bonds is 6. The first-order chi connectivity index (χ1) is 9.86. The molecule has 1 rings (SSSR count). The van der Waals surface area contributed by atoms with E-state index in [9.17, 15) is 4.79 Å². The molecule has 0 bridgehead atoms. The molecule has 6 heteroatoms. The topological polar surface area (TPSA) is 78.9 Å². The van der Waals surface area contributed by atoms with Gasteiger partial charge in [0.2, 0.25) is 0 Å². The van der Waals surface area contributed by atoms with Crippen LogP contribution in [-0.4, -0.2) is 34.9 Å². The fourth-order valence-corrected chi connectivity index (χ4v) is 2.43. The molecule has 0 saturated carbocycles. The van der Waals surface area contributed by atoms with Crippen LogP contribution in [0.2, 0.25) is 0 Å². The fourth-order valence-electron chi connectivity index (χ4n) is 2.00. The second-order valence-electron chi connectivity index (χ2n) is 5.42. The van der Waals surface area contributed by atoms with Gasteiger partial charge in [-0.25, -0.2) is 0 Å². The van der Waals surface area contributed by atoms with Gasteiger partial charge in [0.25, 0.3) is 5.91 Å². The number of carbonyl (C=O) groups is 1. The molecule has 0 unspecified atom stereocenters. The van der Waals surface area contributed by atoms with Crippen molar-refractivity contribution < 1.29 is 10.0 Å². The predicted octanol–water partition coefficient (Wildman–Crippen LogP) is 2.99. The van der Waals surface area contributed by atoms with Crippen molar-refractivity contribution >= 4 is 27.7 Å². The maximum absolute atomic E-state index is 12.7. The molecule has 116 valence electrons. The van der Waals surface area contributed by atoms with E-state index >= 15 is 0 Å². The zero-order valence-electron chi connectivity index (χ0n) is 12.6. The Hall–Kier alpha value is -1.56. The van der Waals surface area contributed by atoms with Crippen molar-refractivity contribution in [3.05, 3.63) is 33.8 Å². The van der Waals surface area contributed by atoms with E-state index in [0.717, 1.165) is 10.0 Å². The molecule has 0 fully saturated rings. The second-order valence-corrected chi connectivity index (χ2v) is 6.22. The Bertz CT molecular complexity index is 530. The Kier molecular flexibility index (Phi) is 6.68. The second kappa shape index (κ2) is 8.02. The van der Waals surface area contributed by atoms with Crippen LogP contribution >= 0.6 is 15.9 Å². The van der Waals surface area contributed by atoms with Gasteiger partial charge in [0, 0.05) is 24.0 Å². The molecule has 0 aliphatic heterocycles. The van der Waals surface area contributed by atoms with Crippen molar-refractivity contribution in [2.75, 3.05) is 13.1 Å². The number of hydrogen-bond donors (Lipinski definition) is 2. The summed E-state index contributed by atoms with van der Waals surface area (Å²) in [5, 5.41) is 11.6. The average molecular weight is 356 g/mol. The minimum Gasteiger partial charge on any atom is -0.409 e. The standard InChI is InChI=1S/C15H22BrN3O2/c1-10(2)9-19(8-7-13(17)18-21)15(20)12-6-4-5-11(3)14(12)16/h4-6,10,21H,7-9H2,1-3H3,(H2,17,18). The highest BCUT2D eigenvalue weighted by Gasteiger charge is 2.20. The van der Waals surface area contributed by atoms with Gasteiger partial charge in [0.1, 0.15) is 5.84 Å². The monoisotopic (exact) mass is 355 g/mol. The highest BCUT2D eigenvalue weighted by Crippen LogP contribution is 2.23. The van der Waals surface area contributed by atoms with Crippen LogP contribution in [0.25, 0.3) is 0 Å². The predicted molar refractivity (Wildman–Crippen MR) is 87.6 cm³/mol. The molecule has 0 saturated heterocycles. The van der Waals surface area contributed by atoms with E-state index in [-0.39, 0.29) is 11.7 Å². The molecule has 1 amide bonds. The number of carbonyl (C=O) groups excluding carboxylic acids is 1. The van der Waals surface area contributed by atoms with Gasteiger partial charge in [0.05, 0.1) is 5.56 Å². The summed E-state index contributed by atoms with van der Waals surface area (Å²) >= 11 is 3.47. The number of nitrogens with zero attached hydrogens (tertiary/aromatic N) is 2. The lowest BCUT2D eigenvalue weighted by Gasteiger charge is -2.25. The third-order valence-electron chi connectivity index (χ3n) is 3.06. The summed E-state index contributed by atoms with van der Waals surface area (Å²) in [5.41, 5.74) is 7.15. The van der Waals surface area contributed by atoms with Crippen molar-refractivity contribution in [2.24, 2.45) is 16.8 Å². The highest BCUT2D eigenvalue weighted by atomic mass is 79.9. The third-order valence-corrected chi connectivity index (χ3v) is 4.11. The quantitative estimate of drug-likeness (QED) is 0.356. The molecule has 0 radical (unpaired) electrons. The van der Waals surface area contributed by atoms with Gasteiger partial charge >= 0.3 is 0 Å². The lowest BCUT2D eigenvalue weighted by Crippen LogP contribution is -2.37. The highest BCUT2D eigenvalue weighted by molar-refractivity contribution is 9.10. The van der Waals surface area contributed by atoms with Crippen LogP contribution in [0.3, 0.4) is 0 Å². The molecule has 5 nitrogen and oxygen atoms in total. The number of amidine groups is 1. The molecule has 1 aromatic carbocycles. The summed E-state index contributed by atoms with van der Waals surface area (Å²) in [6.07, 6.45) is 0.346. The van der Waals surface area contributed by atoms with Gasteiger partial charge in [-0.05, 0) is 40.4 Å². The van der Waals surface area contributed by atoms with Crippen molar-refractivity contribution in [1.82, 2.24) is 4.90 Å². The summed E-state index contributed by atoms with van der Waals surface area (Å²) in [7, 11) is 0. The summed E-state index contributed by atoms with van der Waals surface area (Å²) in [5.74, 6) is 0.412. The first-order valence-electron chi connectivity index (χ1n) is 6.87. The molecule has 0 aromatic heterocycles. The Balaban J connectivity index is 2.96. The van der Waals surface area contributed by atoms with Gasteiger partial charge in [-0.15, -0.1) is 0 Å². The molecule has 0 spiro atoms. The van der Waals surface area contributed by atoms with Gasteiger partial charge in [0.15, 0.2) is 0 Å². The van der Waals surface area contributed by atoms with Crippen LogP contribution in [0.4, 0.5) is 0 Å². The molecule has 21 heavy (non-hydrogen) atoms. The van der Waals surface area contributed by atoms with Crippen LogP contribution in [0.5, 0.6) is 0 Å². The van der Waals surface area contributed by atoms with Crippen molar-refractivity contribution in [3.8, 4) is 0 Å². The lowest BCUT2D eigenvalue weighted by atomic mass is 10.1. The van der Waals surface area contributed by atoms with E-state index in [2.05, 4.69) is 34.9 Å². The normalized spacial score (nSPS) is 11.8. The maximum atomic E-state index is 12.7. The van der Waals surface area contributed by atoms with E-state index in [4.69, 9.17) is 10.9 Å². The molecule has 0 aliphatic carbocycles. The van der Waals surface area contributed by atoms with Gasteiger partial charge in [-0.1, -0.05) is 31.1 Å². The largest absolute Gasteiger partial charge is 0.409 e. The van der Waals surface area contributed by atoms with Crippen LogP contribution in [0.1, 0.15) is 36.2 Å². The van der Waals surface area contributed by atoms with E-state index in [1.165, 1.54) is 0 Å². The number of oxime groups is 1. The maximum Gasteiger partial charge on any atom is 0.255 e. The Morgan fingerprint density at radius 1 is 1.48 bits per heavy atom. The summed E-state index contributed by atoms with van der Waals surface area (Å²) in [4.78, 5) is 14.4. The van der Waals surface area contributed by atoms with Crippen molar-refractivity contribution in [1.29, 1.82) is 0 Å². The molecule has 3 N–H and O–H groups in total.